The number of nitrogens with two attached hydrogens (primary N) is 1. The second kappa shape index (κ2) is 5.80. The zero-order chi connectivity index (χ0) is 14.0. The van der Waals surface area contributed by atoms with Gasteiger partial charge in [0.15, 0.2) is 0 Å². The molecule has 0 saturated carbocycles. The van der Waals surface area contributed by atoms with Crippen LogP contribution in [-0.2, 0) is 16.0 Å². The van der Waals surface area contributed by atoms with Gasteiger partial charge in [0.1, 0.15) is 6.04 Å². The largest absolute Gasteiger partial charge is 0.368 e. The van der Waals surface area contributed by atoms with Gasteiger partial charge in [0.25, 0.3) is 0 Å². The summed E-state index contributed by atoms with van der Waals surface area (Å²) in [5.41, 5.74) is 5.88. The molecule has 102 valence electrons. The lowest BCUT2D eigenvalue weighted by atomic mass is 10.1. The summed E-state index contributed by atoms with van der Waals surface area (Å²) in [6.45, 7) is 0.550. The highest BCUT2D eigenvalue weighted by Gasteiger charge is 2.32. The van der Waals surface area contributed by atoms with E-state index in [9.17, 15) is 9.59 Å². The number of hydrogen-bond donors (Lipinski definition) is 1. The van der Waals surface area contributed by atoms with Gasteiger partial charge in [0, 0.05) is 16.6 Å². The molecule has 1 saturated heterocycles. The molecule has 1 aromatic carbocycles. The Bertz CT molecular complexity index is 499. The van der Waals surface area contributed by atoms with Gasteiger partial charge in [0.2, 0.25) is 11.8 Å². The van der Waals surface area contributed by atoms with Crippen molar-refractivity contribution in [2.75, 3.05) is 6.54 Å². The molecule has 1 heterocycles. The van der Waals surface area contributed by atoms with Crippen molar-refractivity contribution in [3.63, 3.8) is 0 Å². The number of benzene rings is 1. The second-order valence-corrected chi connectivity index (χ2v) is 5.34. The monoisotopic (exact) mass is 300 g/mol. The van der Waals surface area contributed by atoms with Gasteiger partial charge >= 0.3 is 0 Å². The Morgan fingerprint density at radius 2 is 1.95 bits per heavy atom. The average molecular weight is 301 g/mol. The molecule has 1 aliphatic heterocycles. The van der Waals surface area contributed by atoms with Crippen LogP contribution in [0.5, 0.6) is 0 Å². The third kappa shape index (κ3) is 3.01. The highest BCUT2D eigenvalue weighted by Crippen LogP contribution is 2.26. The molecule has 1 atom stereocenters. The van der Waals surface area contributed by atoms with E-state index in [0.717, 1.165) is 6.42 Å². The molecular weight excluding hydrogens is 287 g/mol. The van der Waals surface area contributed by atoms with Crippen LogP contribution in [0.3, 0.4) is 0 Å². The number of likely N-dealkylation sites (tertiary alicyclic amines) is 1. The molecular formula is C13H14Cl2N2O2. The van der Waals surface area contributed by atoms with Crippen molar-refractivity contribution in [2.24, 2.45) is 5.73 Å². The highest BCUT2D eigenvalue weighted by molar-refractivity contribution is 6.36. The highest BCUT2D eigenvalue weighted by atomic mass is 35.5. The molecule has 19 heavy (non-hydrogen) atoms. The van der Waals surface area contributed by atoms with Crippen molar-refractivity contribution < 1.29 is 9.59 Å². The molecule has 0 bridgehead atoms. The summed E-state index contributed by atoms with van der Waals surface area (Å²) >= 11 is 12.1. The van der Waals surface area contributed by atoms with Crippen LogP contribution in [0.1, 0.15) is 18.4 Å². The molecule has 0 spiro atoms. The van der Waals surface area contributed by atoms with E-state index >= 15 is 0 Å². The molecule has 0 aliphatic carbocycles. The second-order valence-electron chi connectivity index (χ2n) is 4.52. The number of primary amides is 1. The van der Waals surface area contributed by atoms with E-state index in [1.807, 2.05) is 0 Å². The first kappa shape index (κ1) is 14.2. The lowest BCUT2D eigenvalue weighted by Gasteiger charge is -2.22. The molecule has 6 heteroatoms. The molecule has 1 aliphatic rings. The van der Waals surface area contributed by atoms with Crippen molar-refractivity contribution in [1.82, 2.24) is 4.90 Å². The first-order valence-corrected chi connectivity index (χ1v) is 6.78. The number of carbonyl (C=O) groups is 2. The maximum atomic E-state index is 12.2. The normalized spacial score (nSPS) is 18.6. The van der Waals surface area contributed by atoms with E-state index in [-0.39, 0.29) is 12.3 Å². The predicted molar refractivity (Wildman–Crippen MR) is 74.1 cm³/mol. The summed E-state index contributed by atoms with van der Waals surface area (Å²) in [5.74, 6) is -0.632. The molecule has 4 nitrogen and oxygen atoms in total. The summed E-state index contributed by atoms with van der Waals surface area (Å²) in [7, 11) is 0. The van der Waals surface area contributed by atoms with Crippen LogP contribution in [-0.4, -0.2) is 29.3 Å². The Morgan fingerprint density at radius 3 is 2.53 bits per heavy atom. The molecule has 2 amide bonds. The fraction of sp³-hybridized carbons (Fsp3) is 0.385. The molecule has 0 radical (unpaired) electrons. The van der Waals surface area contributed by atoms with Crippen LogP contribution in [0.2, 0.25) is 10.0 Å². The number of amides is 2. The van der Waals surface area contributed by atoms with Gasteiger partial charge < -0.3 is 10.6 Å². The van der Waals surface area contributed by atoms with Gasteiger partial charge in [0.05, 0.1) is 6.42 Å². The first-order chi connectivity index (χ1) is 9.00. The molecule has 2 rings (SSSR count). The SMILES string of the molecule is NC(=O)[C@@H]1CCCN1C(=O)Cc1c(Cl)cccc1Cl. The summed E-state index contributed by atoms with van der Waals surface area (Å²) in [6, 6.07) is 4.59. The van der Waals surface area contributed by atoms with Gasteiger partial charge in [-0.1, -0.05) is 29.3 Å². The average Bonchev–Trinajstić information content (AvgIpc) is 2.83. The number of rotatable bonds is 3. The third-order valence-electron chi connectivity index (χ3n) is 3.29. The fourth-order valence-electron chi connectivity index (χ4n) is 2.32. The molecule has 0 aromatic heterocycles. The maximum Gasteiger partial charge on any atom is 0.240 e. The topological polar surface area (TPSA) is 63.4 Å². The van der Waals surface area contributed by atoms with E-state index in [1.165, 1.54) is 4.90 Å². The minimum atomic E-state index is -0.506. The van der Waals surface area contributed by atoms with Crippen molar-refractivity contribution in [2.45, 2.75) is 25.3 Å². The Kier molecular flexibility index (Phi) is 4.32. The Hall–Kier alpha value is -1.26. The number of nitrogens with zero attached hydrogens (tertiary/aromatic N) is 1. The zero-order valence-electron chi connectivity index (χ0n) is 10.2. The number of halogens is 2. The van der Waals surface area contributed by atoms with E-state index in [2.05, 4.69) is 0 Å². The summed E-state index contributed by atoms with van der Waals surface area (Å²) in [4.78, 5) is 25.0. The van der Waals surface area contributed by atoms with Crippen molar-refractivity contribution >= 4 is 35.0 Å². The quantitative estimate of drug-likeness (QED) is 0.928. The van der Waals surface area contributed by atoms with E-state index in [0.29, 0.717) is 28.6 Å². The molecule has 2 N–H and O–H groups in total. The smallest absolute Gasteiger partial charge is 0.240 e. The van der Waals surface area contributed by atoms with E-state index in [4.69, 9.17) is 28.9 Å². The van der Waals surface area contributed by atoms with Crippen molar-refractivity contribution in [3.05, 3.63) is 33.8 Å². The lowest BCUT2D eigenvalue weighted by Crippen LogP contribution is -2.44. The van der Waals surface area contributed by atoms with Crippen molar-refractivity contribution in [3.8, 4) is 0 Å². The van der Waals surface area contributed by atoms with Crippen LogP contribution in [0.4, 0.5) is 0 Å². The van der Waals surface area contributed by atoms with Crippen LogP contribution in [0.15, 0.2) is 18.2 Å². The van der Waals surface area contributed by atoms with E-state index < -0.39 is 11.9 Å². The lowest BCUT2D eigenvalue weighted by molar-refractivity contribution is -0.136. The van der Waals surface area contributed by atoms with Crippen LogP contribution < -0.4 is 5.73 Å². The Labute approximate surface area is 121 Å². The minimum Gasteiger partial charge on any atom is -0.368 e. The maximum absolute atomic E-state index is 12.2. The summed E-state index contributed by atoms with van der Waals surface area (Å²) in [6.07, 6.45) is 1.50. The molecule has 0 unspecified atom stereocenters. The molecule has 1 fully saturated rings. The number of hydrogen-bond acceptors (Lipinski definition) is 2. The van der Waals surface area contributed by atoms with Crippen LogP contribution in [0.25, 0.3) is 0 Å². The van der Waals surface area contributed by atoms with Crippen LogP contribution >= 0.6 is 23.2 Å². The van der Waals surface area contributed by atoms with Gasteiger partial charge in [-0.25, -0.2) is 0 Å². The van der Waals surface area contributed by atoms with Crippen molar-refractivity contribution in [1.29, 1.82) is 0 Å². The fourth-order valence-corrected chi connectivity index (χ4v) is 2.85. The third-order valence-corrected chi connectivity index (χ3v) is 4.00. The summed E-state index contributed by atoms with van der Waals surface area (Å²) in [5, 5.41) is 0.909. The zero-order valence-corrected chi connectivity index (χ0v) is 11.7. The van der Waals surface area contributed by atoms with Crippen LogP contribution in [0, 0.1) is 0 Å². The minimum absolute atomic E-state index is 0.0856. The van der Waals surface area contributed by atoms with Gasteiger partial charge in [-0.05, 0) is 30.5 Å². The van der Waals surface area contributed by atoms with Gasteiger partial charge in [-0.3, -0.25) is 9.59 Å². The molecule has 1 aromatic rings. The van der Waals surface area contributed by atoms with E-state index in [1.54, 1.807) is 18.2 Å². The van der Waals surface area contributed by atoms with Gasteiger partial charge in [-0.2, -0.15) is 0 Å². The Balaban J connectivity index is 2.15. The van der Waals surface area contributed by atoms with Gasteiger partial charge in [-0.15, -0.1) is 0 Å². The Morgan fingerprint density at radius 1 is 1.32 bits per heavy atom. The standard InChI is InChI=1S/C13H14Cl2N2O2/c14-9-3-1-4-10(15)8(9)7-12(18)17-6-2-5-11(17)13(16)19/h1,3-4,11H,2,5-7H2,(H2,16,19)/t11-/m0/s1. The summed E-state index contributed by atoms with van der Waals surface area (Å²) < 4.78 is 0. The predicted octanol–water partition coefficient (Wildman–Crippen LogP) is 2.01. The number of carbonyl (C=O) groups excluding carboxylic acids is 2. The first-order valence-electron chi connectivity index (χ1n) is 6.02.